The highest BCUT2D eigenvalue weighted by atomic mass is 16.5. The van der Waals surface area contributed by atoms with Crippen LogP contribution in [0, 0.1) is 12.8 Å². The van der Waals surface area contributed by atoms with Crippen molar-refractivity contribution < 1.29 is 14.3 Å². The molecule has 0 bridgehead atoms. The van der Waals surface area contributed by atoms with Gasteiger partial charge in [0.2, 0.25) is 0 Å². The third kappa shape index (κ3) is 7.89. The molecule has 0 aliphatic heterocycles. The number of ether oxygens (including phenoxy) is 2. The van der Waals surface area contributed by atoms with E-state index in [1.807, 2.05) is 25.1 Å². The summed E-state index contributed by atoms with van der Waals surface area (Å²) >= 11 is 0. The lowest BCUT2D eigenvalue weighted by atomic mass is 10.2. The van der Waals surface area contributed by atoms with E-state index in [-0.39, 0.29) is 5.97 Å². The first kappa shape index (κ1) is 16.6. The molecule has 0 aliphatic rings. The van der Waals surface area contributed by atoms with Crippen LogP contribution in [-0.2, 0) is 20.7 Å². The molecule has 0 spiro atoms. The Morgan fingerprint density at radius 1 is 1.30 bits per heavy atom. The van der Waals surface area contributed by atoms with Crippen molar-refractivity contribution in [1.29, 1.82) is 0 Å². The zero-order valence-corrected chi connectivity index (χ0v) is 12.7. The van der Waals surface area contributed by atoms with E-state index in [2.05, 4.69) is 18.8 Å². The molecule has 0 aliphatic carbocycles. The summed E-state index contributed by atoms with van der Waals surface area (Å²) in [6, 6.07) is 5.96. The molecule has 0 saturated heterocycles. The maximum atomic E-state index is 11.4. The topological polar surface area (TPSA) is 48.4 Å². The van der Waals surface area contributed by atoms with E-state index < -0.39 is 0 Å². The molecule has 4 nitrogen and oxygen atoms in total. The van der Waals surface area contributed by atoms with E-state index in [0.29, 0.717) is 32.2 Å². The van der Waals surface area contributed by atoms with Gasteiger partial charge < -0.3 is 9.47 Å². The van der Waals surface area contributed by atoms with Crippen molar-refractivity contribution in [3.63, 3.8) is 0 Å². The molecule has 0 unspecified atom stereocenters. The van der Waals surface area contributed by atoms with Gasteiger partial charge in [0.1, 0.15) is 0 Å². The van der Waals surface area contributed by atoms with Crippen LogP contribution in [0.4, 0.5) is 0 Å². The summed E-state index contributed by atoms with van der Waals surface area (Å²) in [5, 5.41) is 0. The van der Waals surface area contributed by atoms with Crippen LogP contribution in [0.5, 0.6) is 0 Å². The molecule has 20 heavy (non-hydrogen) atoms. The van der Waals surface area contributed by atoms with Crippen LogP contribution in [0.25, 0.3) is 0 Å². The predicted molar refractivity (Wildman–Crippen MR) is 78.5 cm³/mol. The highest BCUT2D eigenvalue weighted by molar-refractivity contribution is 5.69. The molecule has 1 aromatic rings. The smallest absolute Gasteiger partial charge is 0.308 e. The SMILES string of the molecule is Cc1cccc(CCCOC(=O)CCOCC(C)C)n1. The molecule has 112 valence electrons. The first-order chi connectivity index (χ1) is 9.58. The quantitative estimate of drug-likeness (QED) is 0.515. The Kier molecular flexibility index (Phi) is 7.88. The molecule has 1 rings (SSSR count). The van der Waals surface area contributed by atoms with Crippen molar-refractivity contribution in [2.24, 2.45) is 5.92 Å². The molecule has 1 aromatic heterocycles. The normalized spacial score (nSPS) is 10.8. The van der Waals surface area contributed by atoms with Crippen LogP contribution >= 0.6 is 0 Å². The largest absolute Gasteiger partial charge is 0.466 e. The Morgan fingerprint density at radius 2 is 2.10 bits per heavy atom. The van der Waals surface area contributed by atoms with Crippen LogP contribution in [-0.4, -0.2) is 30.8 Å². The summed E-state index contributed by atoms with van der Waals surface area (Å²) < 4.78 is 10.5. The molecular weight excluding hydrogens is 254 g/mol. The first-order valence-corrected chi connectivity index (χ1v) is 7.24. The second kappa shape index (κ2) is 9.48. The van der Waals surface area contributed by atoms with Gasteiger partial charge in [-0.2, -0.15) is 0 Å². The Morgan fingerprint density at radius 3 is 2.80 bits per heavy atom. The van der Waals surface area contributed by atoms with Gasteiger partial charge in [0, 0.05) is 18.0 Å². The molecule has 4 heteroatoms. The number of carbonyl (C=O) groups is 1. The second-order valence-corrected chi connectivity index (χ2v) is 5.31. The first-order valence-electron chi connectivity index (χ1n) is 7.24. The minimum absolute atomic E-state index is 0.189. The van der Waals surface area contributed by atoms with Crippen LogP contribution in [0.3, 0.4) is 0 Å². The summed E-state index contributed by atoms with van der Waals surface area (Å²) in [6.45, 7) is 7.71. The number of nitrogens with zero attached hydrogens (tertiary/aromatic N) is 1. The van der Waals surface area contributed by atoms with Crippen molar-refractivity contribution in [2.45, 2.75) is 40.0 Å². The van der Waals surface area contributed by atoms with E-state index in [9.17, 15) is 4.79 Å². The summed E-state index contributed by atoms with van der Waals surface area (Å²) in [6.07, 6.45) is 1.96. The van der Waals surface area contributed by atoms with E-state index in [0.717, 1.165) is 24.2 Å². The third-order valence-electron chi connectivity index (χ3n) is 2.69. The number of aromatic nitrogens is 1. The number of aryl methyl sites for hydroxylation is 2. The lowest BCUT2D eigenvalue weighted by molar-refractivity contribution is -0.145. The highest BCUT2D eigenvalue weighted by Crippen LogP contribution is 2.02. The molecular formula is C16H25NO3. The number of hydrogen-bond donors (Lipinski definition) is 0. The van der Waals surface area contributed by atoms with Crippen LogP contribution in [0.2, 0.25) is 0 Å². The van der Waals surface area contributed by atoms with E-state index in [1.165, 1.54) is 0 Å². The average molecular weight is 279 g/mol. The number of hydrogen-bond acceptors (Lipinski definition) is 4. The van der Waals surface area contributed by atoms with Gasteiger partial charge in [-0.05, 0) is 37.8 Å². The fourth-order valence-electron chi connectivity index (χ4n) is 1.72. The van der Waals surface area contributed by atoms with Crippen LogP contribution in [0.1, 0.15) is 38.1 Å². The minimum Gasteiger partial charge on any atom is -0.466 e. The van der Waals surface area contributed by atoms with Gasteiger partial charge in [-0.3, -0.25) is 9.78 Å². The Balaban J connectivity index is 2.04. The van der Waals surface area contributed by atoms with Crippen molar-refractivity contribution in [3.8, 4) is 0 Å². The maximum absolute atomic E-state index is 11.4. The van der Waals surface area contributed by atoms with Gasteiger partial charge in [-0.15, -0.1) is 0 Å². The van der Waals surface area contributed by atoms with Crippen LogP contribution < -0.4 is 0 Å². The zero-order valence-electron chi connectivity index (χ0n) is 12.7. The molecule has 0 aromatic carbocycles. The van der Waals surface area contributed by atoms with Gasteiger partial charge >= 0.3 is 5.97 Å². The number of carbonyl (C=O) groups excluding carboxylic acids is 1. The number of rotatable bonds is 9. The highest BCUT2D eigenvalue weighted by Gasteiger charge is 2.03. The van der Waals surface area contributed by atoms with E-state index in [4.69, 9.17) is 9.47 Å². The molecule has 0 saturated carbocycles. The van der Waals surface area contributed by atoms with Gasteiger partial charge in [0.15, 0.2) is 0 Å². The lowest BCUT2D eigenvalue weighted by Crippen LogP contribution is -2.11. The summed E-state index contributed by atoms with van der Waals surface area (Å²) in [5.74, 6) is 0.304. The summed E-state index contributed by atoms with van der Waals surface area (Å²) in [5.41, 5.74) is 2.06. The Bertz CT molecular complexity index is 404. The molecule has 0 fully saturated rings. The second-order valence-electron chi connectivity index (χ2n) is 5.31. The van der Waals surface area contributed by atoms with Gasteiger partial charge in [0.05, 0.1) is 19.6 Å². The molecule has 0 amide bonds. The molecule has 0 N–H and O–H groups in total. The van der Waals surface area contributed by atoms with Gasteiger partial charge in [-0.1, -0.05) is 19.9 Å². The number of esters is 1. The van der Waals surface area contributed by atoms with Crippen molar-refractivity contribution in [2.75, 3.05) is 19.8 Å². The maximum Gasteiger partial charge on any atom is 0.308 e. The molecule has 0 atom stereocenters. The standard InChI is InChI=1S/C16H25NO3/c1-13(2)12-19-11-9-16(18)20-10-5-8-15-7-4-6-14(3)17-15/h4,6-7,13H,5,8-12H2,1-3H3. The fraction of sp³-hybridized carbons (Fsp3) is 0.625. The molecule has 0 radical (unpaired) electrons. The van der Waals surface area contributed by atoms with E-state index in [1.54, 1.807) is 0 Å². The monoisotopic (exact) mass is 279 g/mol. The Labute approximate surface area is 121 Å². The van der Waals surface area contributed by atoms with Gasteiger partial charge in [0.25, 0.3) is 0 Å². The number of pyridine rings is 1. The Hall–Kier alpha value is -1.42. The summed E-state index contributed by atoms with van der Waals surface area (Å²) in [4.78, 5) is 15.8. The van der Waals surface area contributed by atoms with Gasteiger partial charge in [-0.25, -0.2) is 0 Å². The average Bonchev–Trinajstić information content (AvgIpc) is 2.40. The van der Waals surface area contributed by atoms with Crippen molar-refractivity contribution >= 4 is 5.97 Å². The van der Waals surface area contributed by atoms with Crippen molar-refractivity contribution in [1.82, 2.24) is 4.98 Å². The fourth-order valence-corrected chi connectivity index (χ4v) is 1.72. The predicted octanol–water partition coefficient (Wildman–Crippen LogP) is 2.93. The third-order valence-corrected chi connectivity index (χ3v) is 2.69. The minimum atomic E-state index is -0.189. The lowest BCUT2D eigenvalue weighted by Gasteiger charge is -2.07. The zero-order chi connectivity index (χ0) is 14.8. The van der Waals surface area contributed by atoms with E-state index >= 15 is 0 Å². The molecule has 1 heterocycles. The van der Waals surface area contributed by atoms with Crippen LogP contribution in [0.15, 0.2) is 18.2 Å². The van der Waals surface area contributed by atoms with Crippen molar-refractivity contribution in [3.05, 3.63) is 29.6 Å². The summed E-state index contributed by atoms with van der Waals surface area (Å²) in [7, 11) is 0.